The van der Waals surface area contributed by atoms with Crippen molar-refractivity contribution in [3.05, 3.63) is 30.3 Å². The van der Waals surface area contributed by atoms with Gasteiger partial charge in [0.1, 0.15) is 6.04 Å². The number of nitrogens with one attached hydrogen (secondary N) is 3. The predicted molar refractivity (Wildman–Crippen MR) is 98.0 cm³/mol. The SMILES string of the molecule is CCN(CC)CCNC(=O)[C@@H](NC(=O)Nc1ccccc1)C(C)C. The molecule has 3 N–H and O–H groups in total. The molecular formula is C18H30N4O2. The fraction of sp³-hybridized carbons (Fsp3) is 0.556. The van der Waals surface area contributed by atoms with Crippen molar-refractivity contribution < 1.29 is 9.59 Å². The van der Waals surface area contributed by atoms with Gasteiger partial charge < -0.3 is 20.9 Å². The monoisotopic (exact) mass is 334 g/mol. The summed E-state index contributed by atoms with van der Waals surface area (Å²) in [4.78, 5) is 26.7. The first kappa shape index (κ1) is 20.0. The molecule has 0 heterocycles. The number of amides is 3. The summed E-state index contributed by atoms with van der Waals surface area (Å²) >= 11 is 0. The average molecular weight is 334 g/mol. The first-order valence-electron chi connectivity index (χ1n) is 8.60. The number of hydrogen-bond donors (Lipinski definition) is 3. The normalized spacial score (nSPS) is 12.1. The van der Waals surface area contributed by atoms with Gasteiger partial charge in [0.05, 0.1) is 0 Å². The summed E-state index contributed by atoms with van der Waals surface area (Å²) < 4.78 is 0. The zero-order valence-corrected chi connectivity index (χ0v) is 15.1. The first-order valence-corrected chi connectivity index (χ1v) is 8.60. The van der Waals surface area contributed by atoms with E-state index in [9.17, 15) is 9.59 Å². The minimum absolute atomic E-state index is 0.0000216. The number of likely N-dealkylation sites (N-methyl/N-ethyl adjacent to an activating group) is 1. The van der Waals surface area contributed by atoms with Crippen LogP contribution >= 0.6 is 0 Å². The van der Waals surface area contributed by atoms with E-state index in [0.29, 0.717) is 12.2 Å². The molecule has 0 bridgehead atoms. The summed E-state index contributed by atoms with van der Waals surface area (Å²) in [5.74, 6) is -0.152. The van der Waals surface area contributed by atoms with Crippen LogP contribution in [0.2, 0.25) is 0 Å². The molecule has 3 amide bonds. The third-order valence-electron chi connectivity index (χ3n) is 3.89. The van der Waals surface area contributed by atoms with Crippen LogP contribution in [0.5, 0.6) is 0 Å². The van der Waals surface area contributed by atoms with Crippen molar-refractivity contribution in [3.8, 4) is 0 Å². The predicted octanol–water partition coefficient (Wildman–Crippen LogP) is 2.29. The summed E-state index contributed by atoms with van der Waals surface area (Å²) in [6.07, 6.45) is 0. The summed E-state index contributed by atoms with van der Waals surface area (Å²) in [6, 6.07) is 8.22. The van der Waals surface area contributed by atoms with Gasteiger partial charge in [-0.05, 0) is 31.1 Å². The zero-order chi connectivity index (χ0) is 17.9. The van der Waals surface area contributed by atoms with E-state index in [4.69, 9.17) is 0 Å². The van der Waals surface area contributed by atoms with Gasteiger partial charge in [0.15, 0.2) is 0 Å². The lowest BCUT2D eigenvalue weighted by molar-refractivity contribution is -0.123. The number of carbonyl (C=O) groups is 2. The van der Waals surface area contributed by atoms with Gasteiger partial charge in [-0.1, -0.05) is 45.9 Å². The molecule has 0 aliphatic carbocycles. The van der Waals surface area contributed by atoms with Crippen LogP contribution in [0.25, 0.3) is 0 Å². The smallest absolute Gasteiger partial charge is 0.319 e. The highest BCUT2D eigenvalue weighted by atomic mass is 16.2. The largest absolute Gasteiger partial charge is 0.353 e. The van der Waals surface area contributed by atoms with Crippen molar-refractivity contribution in [3.63, 3.8) is 0 Å². The van der Waals surface area contributed by atoms with E-state index in [1.165, 1.54) is 0 Å². The minimum atomic E-state index is -0.564. The van der Waals surface area contributed by atoms with Crippen molar-refractivity contribution in [2.45, 2.75) is 33.7 Å². The van der Waals surface area contributed by atoms with Gasteiger partial charge in [-0.3, -0.25) is 4.79 Å². The lowest BCUT2D eigenvalue weighted by atomic mass is 10.0. The molecule has 0 aliphatic rings. The molecular weight excluding hydrogens is 304 g/mol. The maximum Gasteiger partial charge on any atom is 0.319 e. The highest BCUT2D eigenvalue weighted by Gasteiger charge is 2.23. The summed E-state index contributed by atoms with van der Waals surface area (Å²) in [6.45, 7) is 11.3. The molecule has 1 aromatic rings. The molecule has 0 unspecified atom stereocenters. The molecule has 1 atom stereocenters. The molecule has 0 fully saturated rings. The van der Waals surface area contributed by atoms with Crippen molar-refractivity contribution in [2.24, 2.45) is 5.92 Å². The Morgan fingerprint density at radius 1 is 1.08 bits per heavy atom. The molecule has 6 heteroatoms. The second kappa shape index (κ2) is 10.6. The highest BCUT2D eigenvalue weighted by molar-refractivity contribution is 5.93. The Morgan fingerprint density at radius 2 is 1.71 bits per heavy atom. The molecule has 0 saturated carbocycles. The fourth-order valence-electron chi connectivity index (χ4n) is 2.35. The van der Waals surface area contributed by atoms with Gasteiger partial charge >= 0.3 is 6.03 Å². The zero-order valence-electron chi connectivity index (χ0n) is 15.1. The van der Waals surface area contributed by atoms with E-state index < -0.39 is 6.04 Å². The molecule has 1 rings (SSSR count). The molecule has 6 nitrogen and oxygen atoms in total. The van der Waals surface area contributed by atoms with Crippen molar-refractivity contribution in [1.82, 2.24) is 15.5 Å². The number of hydrogen-bond acceptors (Lipinski definition) is 3. The van der Waals surface area contributed by atoms with Gasteiger partial charge in [0.2, 0.25) is 5.91 Å². The van der Waals surface area contributed by atoms with Crippen LogP contribution in [0.15, 0.2) is 30.3 Å². The molecule has 0 spiro atoms. The van der Waals surface area contributed by atoms with Crippen LogP contribution < -0.4 is 16.0 Å². The van der Waals surface area contributed by atoms with Gasteiger partial charge in [0, 0.05) is 18.8 Å². The Kier molecular flexibility index (Phi) is 8.86. The topological polar surface area (TPSA) is 73.5 Å². The molecule has 0 aromatic heterocycles. The third kappa shape index (κ3) is 7.00. The standard InChI is InChI=1S/C18H30N4O2/c1-5-22(6-2)13-12-19-17(23)16(14(3)4)21-18(24)20-15-10-8-7-9-11-15/h7-11,14,16H,5-6,12-13H2,1-4H3,(H,19,23)(H2,20,21,24)/t16-/m0/s1. The highest BCUT2D eigenvalue weighted by Crippen LogP contribution is 2.06. The van der Waals surface area contributed by atoms with Crippen molar-refractivity contribution in [2.75, 3.05) is 31.5 Å². The Morgan fingerprint density at radius 3 is 2.25 bits per heavy atom. The fourth-order valence-corrected chi connectivity index (χ4v) is 2.35. The Hall–Kier alpha value is -2.08. The maximum absolute atomic E-state index is 12.4. The van der Waals surface area contributed by atoms with E-state index >= 15 is 0 Å². The van der Waals surface area contributed by atoms with Crippen LogP contribution in [0.3, 0.4) is 0 Å². The van der Waals surface area contributed by atoms with Crippen LogP contribution in [-0.4, -0.2) is 49.1 Å². The van der Waals surface area contributed by atoms with E-state index in [-0.39, 0.29) is 17.9 Å². The lowest BCUT2D eigenvalue weighted by Gasteiger charge is -2.23. The second-order valence-corrected chi connectivity index (χ2v) is 6.00. The molecule has 1 aromatic carbocycles. The van der Waals surface area contributed by atoms with Gasteiger partial charge in [-0.25, -0.2) is 4.79 Å². The molecule has 0 aliphatic heterocycles. The number of rotatable bonds is 9. The van der Waals surface area contributed by atoms with Crippen LogP contribution in [0, 0.1) is 5.92 Å². The van der Waals surface area contributed by atoms with Gasteiger partial charge in [0.25, 0.3) is 0 Å². The molecule has 24 heavy (non-hydrogen) atoms. The summed E-state index contributed by atoms with van der Waals surface area (Å²) in [5.41, 5.74) is 0.694. The van der Waals surface area contributed by atoms with Crippen LogP contribution in [0.1, 0.15) is 27.7 Å². The number of benzene rings is 1. The quantitative estimate of drug-likeness (QED) is 0.649. The Balaban J connectivity index is 2.50. The number of anilines is 1. The van der Waals surface area contributed by atoms with E-state index in [1.54, 1.807) is 12.1 Å². The Bertz CT molecular complexity index is 501. The minimum Gasteiger partial charge on any atom is -0.353 e. The van der Waals surface area contributed by atoms with Crippen molar-refractivity contribution in [1.29, 1.82) is 0 Å². The second-order valence-electron chi connectivity index (χ2n) is 6.00. The maximum atomic E-state index is 12.4. The van der Waals surface area contributed by atoms with Crippen LogP contribution in [-0.2, 0) is 4.79 Å². The van der Waals surface area contributed by atoms with E-state index in [2.05, 4.69) is 34.7 Å². The van der Waals surface area contributed by atoms with E-state index in [0.717, 1.165) is 19.6 Å². The summed E-state index contributed by atoms with van der Waals surface area (Å²) in [7, 11) is 0. The lowest BCUT2D eigenvalue weighted by Crippen LogP contribution is -2.51. The van der Waals surface area contributed by atoms with E-state index in [1.807, 2.05) is 32.0 Å². The Labute approximate surface area is 145 Å². The molecule has 0 radical (unpaired) electrons. The number of nitrogens with zero attached hydrogens (tertiary/aromatic N) is 1. The van der Waals surface area contributed by atoms with Crippen LogP contribution in [0.4, 0.5) is 10.5 Å². The molecule has 134 valence electrons. The van der Waals surface area contributed by atoms with Crippen molar-refractivity contribution >= 4 is 17.6 Å². The van der Waals surface area contributed by atoms with Gasteiger partial charge in [-0.2, -0.15) is 0 Å². The number of urea groups is 1. The average Bonchev–Trinajstić information content (AvgIpc) is 2.57. The first-order chi connectivity index (χ1) is 11.5. The third-order valence-corrected chi connectivity index (χ3v) is 3.89. The number of para-hydroxylation sites is 1. The summed E-state index contributed by atoms with van der Waals surface area (Å²) in [5, 5.41) is 8.40. The van der Waals surface area contributed by atoms with Gasteiger partial charge in [-0.15, -0.1) is 0 Å². The number of carbonyl (C=O) groups excluding carboxylic acids is 2. The molecule has 0 saturated heterocycles.